The van der Waals surface area contributed by atoms with E-state index in [1.54, 1.807) is 0 Å². The van der Waals surface area contributed by atoms with Crippen molar-refractivity contribution in [2.75, 3.05) is 41.0 Å². The largest absolute Gasteiger partial charge is 0.477 e. The number of carbonyl (C=O) groups excluding carboxylic acids is 2. The van der Waals surface area contributed by atoms with Crippen LogP contribution in [0.2, 0.25) is 0 Å². The highest BCUT2D eigenvalue weighted by atomic mass is 16.6. The molecular formula is C56H102NO7+. The number of unbranched alkanes of at least 4 members (excludes halogenated alkanes) is 26. The lowest BCUT2D eigenvalue weighted by atomic mass is 10.1. The predicted molar refractivity (Wildman–Crippen MR) is 271 cm³/mol. The second-order valence-corrected chi connectivity index (χ2v) is 19.1. The van der Waals surface area contributed by atoms with Crippen LogP contribution < -0.4 is 0 Å². The summed E-state index contributed by atoms with van der Waals surface area (Å²) in [6.45, 7) is 4.72. The molecule has 0 rings (SSSR count). The van der Waals surface area contributed by atoms with Crippen LogP contribution in [-0.4, -0.2) is 80.6 Å². The van der Waals surface area contributed by atoms with Crippen molar-refractivity contribution in [1.29, 1.82) is 0 Å². The van der Waals surface area contributed by atoms with Gasteiger partial charge >= 0.3 is 17.9 Å². The standard InChI is InChI=1S/C56H101NO7/c1-6-8-10-12-14-16-18-20-22-24-25-26-27-28-29-31-32-34-36-38-40-42-44-46-54(58)63-51-52(50-62-49-48-53(56(60)61)57(3,4)5)64-55(59)47-45-43-41-39-37-35-33-30-23-21-19-17-15-13-11-9-7-2/h15,17,21,23,25-26,28-29,52-53H,6-14,16,18-20,22,24,27,30-51H2,1-5H3/p+1/b17-15+,23-21+,26-25+,29-28+. The second kappa shape index (κ2) is 46.8. The number of ether oxygens (including phenoxy) is 3. The van der Waals surface area contributed by atoms with Crippen LogP contribution in [0, 0.1) is 0 Å². The number of likely N-dealkylation sites (N-methyl/N-ethyl adjacent to an activating group) is 1. The lowest BCUT2D eigenvalue weighted by molar-refractivity contribution is -0.887. The van der Waals surface area contributed by atoms with Crippen LogP contribution in [0.1, 0.15) is 239 Å². The SMILES string of the molecule is CCCCC/C=C/C/C=C/CCCCCCCCCC(=O)OC(COCCC(C(=O)O)[N+](C)(C)C)COC(=O)CCCCCCCCC/C=C/C/C=C/CCCCCCCCCCC. The summed E-state index contributed by atoms with van der Waals surface area (Å²) in [5, 5.41) is 9.66. The molecule has 0 amide bonds. The van der Waals surface area contributed by atoms with Crippen LogP contribution in [-0.2, 0) is 28.6 Å². The van der Waals surface area contributed by atoms with Crippen molar-refractivity contribution in [1.82, 2.24) is 0 Å². The van der Waals surface area contributed by atoms with E-state index in [4.69, 9.17) is 14.2 Å². The van der Waals surface area contributed by atoms with Gasteiger partial charge in [0.05, 0.1) is 34.4 Å². The molecule has 64 heavy (non-hydrogen) atoms. The van der Waals surface area contributed by atoms with E-state index in [1.807, 2.05) is 21.1 Å². The molecule has 0 aromatic rings. The van der Waals surface area contributed by atoms with Gasteiger partial charge in [0.1, 0.15) is 6.61 Å². The van der Waals surface area contributed by atoms with E-state index < -0.39 is 18.1 Å². The number of allylic oxidation sites excluding steroid dienone is 8. The van der Waals surface area contributed by atoms with Crippen molar-refractivity contribution < 1.29 is 38.2 Å². The van der Waals surface area contributed by atoms with Gasteiger partial charge in [0.2, 0.25) is 0 Å². The van der Waals surface area contributed by atoms with Crippen molar-refractivity contribution in [3.05, 3.63) is 48.6 Å². The van der Waals surface area contributed by atoms with Crippen LogP contribution in [0.15, 0.2) is 48.6 Å². The van der Waals surface area contributed by atoms with Gasteiger partial charge in [-0.3, -0.25) is 9.59 Å². The molecule has 0 heterocycles. The summed E-state index contributed by atoms with van der Waals surface area (Å²) in [6, 6.07) is -0.619. The smallest absolute Gasteiger partial charge is 0.362 e. The normalized spacial score (nSPS) is 13.2. The maximum Gasteiger partial charge on any atom is 0.362 e. The van der Waals surface area contributed by atoms with Gasteiger partial charge in [-0.1, -0.05) is 191 Å². The maximum absolute atomic E-state index is 12.8. The van der Waals surface area contributed by atoms with Crippen LogP contribution in [0.3, 0.4) is 0 Å². The monoisotopic (exact) mass is 901 g/mol. The topological polar surface area (TPSA) is 99.1 Å². The highest BCUT2D eigenvalue weighted by Gasteiger charge is 2.31. The van der Waals surface area contributed by atoms with E-state index in [1.165, 1.54) is 141 Å². The number of nitrogens with zero attached hydrogens (tertiary/aromatic N) is 1. The molecule has 0 saturated heterocycles. The molecule has 8 heteroatoms. The zero-order valence-electron chi connectivity index (χ0n) is 42.5. The van der Waals surface area contributed by atoms with Crippen molar-refractivity contribution in [3.8, 4) is 0 Å². The molecule has 0 aliphatic heterocycles. The van der Waals surface area contributed by atoms with E-state index in [2.05, 4.69) is 62.5 Å². The molecule has 372 valence electrons. The lowest BCUT2D eigenvalue weighted by Gasteiger charge is -2.31. The Labute approximate surface area is 395 Å². The Morgan fingerprint density at radius 2 is 0.828 bits per heavy atom. The fourth-order valence-corrected chi connectivity index (χ4v) is 7.80. The van der Waals surface area contributed by atoms with Crippen molar-refractivity contribution >= 4 is 17.9 Å². The first kappa shape index (κ1) is 61.3. The number of aliphatic carboxylic acids is 1. The number of carbonyl (C=O) groups is 3. The number of esters is 2. The maximum atomic E-state index is 12.8. The van der Waals surface area contributed by atoms with Crippen molar-refractivity contribution in [3.63, 3.8) is 0 Å². The molecule has 0 aromatic carbocycles. The van der Waals surface area contributed by atoms with Gasteiger partial charge < -0.3 is 23.8 Å². The first-order valence-electron chi connectivity index (χ1n) is 26.7. The highest BCUT2D eigenvalue weighted by molar-refractivity contribution is 5.72. The number of hydrogen-bond acceptors (Lipinski definition) is 6. The molecule has 0 aromatic heterocycles. The van der Waals surface area contributed by atoms with E-state index in [0.717, 1.165) is 64.2 Å². The third-order valence-electron chi connectivity index (χ3n) is 12.0. The number of carboxylic acids is 1. The Bertz CT molecular complexity index is 1190. The Morgan fingerprint density at radius 3 is 1.23 bits per heavy atom. The fraction of sp³-hybridized carbons (Fsp3) is 0.804. The third kappa shape index (κ3) is 44.5. The Balaban J connectivity index is 4.23. The zero-order valence-corrected chi connectivity index (χ0v) is 42.5. The minimum absolute atomic E-state index is 0.0553. The molecule has 0 radical (unpaired) electrons. The summed E-state index contributed by atoms with van der Waals surface area (Å²) in [6.07, 6.45) is 57.3. The average molecular weight is 901 g/mol. The Hall–Kier alpha value is -2.71. The molecular weight excluding hydrogens is 799 g/mol. The molecule has 8 nitrogen and oxygen atoms in total. The number of hydrogen-bond donors (Lipinski definition) is 1. The minimum atomic E-state index is -0.877. The lowest BCUT2D eigenvalue weighted by Crippen LogP contribution is -2.50. The molecule has 0 aliphatic carbocycles. The molecule has 0 saturated carbocycles. The third-order valence-corrected chi connectivity index (χ3v) is 12.0. The van der Waals surface area contributed by atoms with Gasteiger partial charge in [-0.25, -0.2) is 4.79 Å². The van der Waals surface area contributed by atoms with Crippen LogP contribution in [0.5, 0.6) is 0 Å². The van der Waals surface area contributed by atoms with Crippen LogP contribution in [0.25, 0.3) is 0 Å². The Kier molecular flexibility index (Phi) is 44.8. The van der Waals surface area contributed by atoms with Gasteiger partial charge in [-0.2, -0.15) is 0 Å². The van der Waals surface area contributed by atoms with Gasteiger partial charge in [0.25, 0.3) is 0 Å². The number of quaternary nitrogens is 1. The predicted octanol–water partition coefficient (Wildman–Crippen LogP) is 15.5. The number of carboxylic acid groups (broad SMARTS) is 1. The van der Waals surface area contributed by atoms with E-state index in [-0.39, 0.29) is 36.2 Å². The van der Waals surface area contributed by atoms with E-state index in [9.17, 15) is 19.5 Å². The molecule has 0 aliphatic rings. The molecule has 1 N–H and O–H groups in total. The summed E-state index contributed by atoms with van der Waals surface area (Å²) in [7, 11) is 5.53. The number of rotatable bonds is 48. The quantitative estimate of drug-likeness (QED) is 0.0281. The zero-order chi connectivity index (χ0) is 47.0. The fourth-order valence-electron chi connectivity index (χ4n) is 7.80. The van der Waals surface area contributed by atoms with Crippen molar-refractivity contribution in [2.45, 2.75) is 251 Å². The molecule has 0 fully saturated rings. The summed E-state index contributed by atoms with van der Waals surface area (Å²) in [5.41, 5.74) is 0. The Morgan fingerprint density at radius 1 is 0.469 bits per heavy atom. The second-order valence-electron chi connectivity index (χ2n) is 19.1. The summed E-state index contributed by atoms with van der Waals surface area (Å²) in [4.78, 5) is 37.2. The molecule has 0 spiro atoms. The van der Waals surface area contributed by atoms with Crippen LogP contribution >= 0.6 is 0 Å². The average Bonchev–Trinajstić information content (AvgIpc) is 3.26. The van der Waals surface area contributed by atoms with Crippen molar-refractivity contribution in [2.24, 2.45) is 0 Å². The van der Waals surface area contributed by atoms with Gasteiger partial charge in [0.15, 0.2) is 12.1 Å². The molecule has 0 bridgehead atoms. The molecule has 2 atom stereocenters. The summed E-state index contributed by atoms with van der Waals surface area (Å²) < 4.78 is 17.4. The van der Waals surface area contributed by atoms with Gasteiger partial charge in [-0.05, 0) is 77.0 Å². The first-order valence-corrected chi connectivity index (χ1v) is 26.7. The highest BCUT2D eigenvalue weighted by Crippen LogP contribution is 2.15. The summed E-state index contributed by atoms with van der Waals surface area (Å²) >= 11 is 0. The molecule has 2 unspecified atom stereocenters. The van der Waals surface area contributed by atoms with Crippen LogP contribution in [0.4, 0.5) is 0 Å². The summed E-state index contributed by atoms with van der Waals surface area (Å²) in [5.74, 6) is -1.48. The van der Waals surface area contributed by atoms with Gasteiger partial charge in [0, 0.05) is 19.3 Å². The van der Waals surface area contributed by atoms with E-state index in [0.29, 0.717) is 19.3 Å². The van der Waals surface area contributed by atoms with E-state index >= 15 is 0 Å². The minimum Gasteiger partial charge on any atom is -0.477 e. The first-order chi connectivity index (χ1) is 31.1. The van der Waals surface area contributed by atoms with Gasteiger partial charge in [-0.15, -0.1) is 0 Å².